The summed E-state index contributed by atoms with van der Waals surface area (Å²) in [5, 5.41) is 0. The summed E-state index contributed by atoms with van der Waals surface area (Å²) in [6.45, 7) is 2.97. The molecule has 1 atom stereocenters. The molecule has 1 aromatic carbocycles. The van der Waals surface area contributed by atoms with Gasteiger partial charge in [-0.3, -0.25) is 0 Å². The number of nitrogens with zero attached hydrogens (tertiary/aromatic N) is 1. The van der Waals surface area contributed by atoms with E-state index in [2.05, 4.69) is 11.8 Å². The Bertz CT molecular complexity index is 612. The molecule has 1 aromatic rings. The van der Waals surface area contributed by atoms with E-state index in [0.29, 0.717) is 13.2 Å². The van der Waals surface area contributed by atoms with Crippen LogP contribution in [0.2, 0.25) is 0 Å². The molecule has 0 aromatic heterocycles. The standard InChI is InChI=1S/C14H16ClNO3S/c1-12-4-6-14(7-5-12)20(17,18)16(9-3-2-8-15)10-13-11-19-13/h4-7,13H,8-11H2,1H3. The Hall–Kier alpha value is -1.06. The van der Waals surface area contributed by atoms with Gasteiger partial charge >= 0.3 is 0 Å². The Kier molecular flexibility index (Phi) is 5.06. The van der Waals surface area contributed by atoms with Gasteiger partial charge in [-0.2, -0.15) is 4.31 Å². The minimum absolute atomic E-state index is 0.0203. The number of epoxide rings is 1. The number of rotatable bonds is 5. The third kappa shape index (κ3) is 3.97. The quantitative estimate of drug-likeness (QED) is 0.471. The monoisotopic (exact) mass is 313 g/mol. The van der Waals surface area contributed by atoms with Gasteiger partial charge in [0, 0.05) is 6.54 Å². The van der Waals surface area contributed by atoms with Crippen molar-refractivity contribution in [2.24, 2.45) is 0 Å². The average Bonchev–Trinajstić information content (AvgIpc) is 3.22. The Labute approximate surface area is 124 Å². The second kappa shape index (κ2) is 6.59. The van der Waals surface area contributed by atoms with Gasteiger partial charge in [0.15, 0.2) is 0 Å². The Morgan fingerprint density at radius 2 is 2.00 bits per heavy atom. The highest BCUT2D eigenvalue weighted by Gasteiger charge is 2.32. The topological polar surface area (TPSA) is 49.9 Å². The number of hydrogen-bond donors (Lipinski definition) is 0. The summed E-state index contributed by atoms with van der Waals surface area (Å²) in [4.78, 5) is 0.274. The Morgan fingerprint density at radius 3 is 2.55 bits per heavy atom. The number of ether oxygens (including phenoxy) is 1. The Balaban J connectivity index is 2.22. The zero-order valence-corrected chi connectivity index (χ0v) is 12.7. The normalized spacial score (nSPS) is 17.6. The molecule has 6 heteroatoms. The lowest BCUT2D eigenvalue weighted by Gasteiger charge is -2.19. The van der Waals surface area contributed by atoms with Gasteiger partial charge in [-0.05, 0) is 19.1 Å². The molecule has 108 valence electrons. The maximum absolute atomic E-state index is 12.6. The van der Waals surface area contributed by atoms with E-state index in [9.17, 15) is 8.42 Å². The average molecular weight is 314 g/mol. The first-order valence-electron chi connectivity index (χ1n) is 6.24. The fraction of sp³-hybridized carbons (Fsp3) is 0.429. The van der Waals surface area contributed by atoms with Gasteiger partial charge in [-0.25, -0.2) is 8.42 Å². The minimum Gasteiger partial charge on any atom is -0.372 e. The van der Waals surface area contributed by atoms with E-state index >= 15 is 0 Å². The van der Waals surface area contributed by atoms with Gasteiger partial charge in [0.05, 0.1) is 30.0 Å². The molecule has 0 radical (unpaired) electrons. The van der Waals surface area contributed by atoms with Crippen LogP contribution in [0, 0.1) is 18.8 Å². The first kappa shape index (κ1) is 15.3. The van der Waals surface area contributed by atoms with Crippen molar-refractivity contribution in [3.63, 3.8) is 0 Å². The molecule has 4 nitrogen and oxygen atoms in total. The van der Waals surface area contributed by atoms with Crippen LogP contribution in [0.15, 0.2) is 29.2 Å². The van der Waals surface area contributed by atoms with E-state index in [1.165, 1.54) is 4.31 Å². The highest BCUT2D eigenvalue weighted by atomic mass is 35.5. The SMILES string of the molecule is Cc1ccc(S(=O)(=O)N(CC#CCCl)CC2CO2)cc1. The molecule has 1 unspecified atom stereocenters. The van der Waals surface area contributed by atoms with E-state index in [-0.39, 0.29) is 23.4 Å². The number of sulfonamides is 1. The molecule has 1 aliphatic heterocycles. The van der Waals surface area contributed by atoms with Crippen LogP contribution < -0.4 is 0 Å². The fourth-order valence-corrected chi connectivity index (χ4v) is 3.17. The predicted octanol–water partition coefficient (Wildman–Crippen LogP) is 1.63. The van der Waals surface area contributed by atoms with Crippen LogP contribution in [0.25, 0.3) is 0 Å². The van der Waals surface area contributed by atoms with Gasteiger partial charge in [-0.15, -0.1) is 11.6 Å². The molecular weight excluding hydrogens is 298 g/mol. The van der Waals surface area contributed by atoms with Crippen LogP contribution in [-0.4, -0.2) is 44.4 Å². The lowest BCUT2D eigenvalue weighted by Crippen LogP contribution is -2.34. The highest BCUT2D eigenvalue weighted by Crippen LogP contribution is 2.19. The van der Waals surface area contributed by atoms with E-state index in [1.54, 1.807) is 24.3 Å². The third-order valence-corrected chi connectivity index (χ3v) is 4.88. The molecule has 1 aliphatic rings. The second-order valence-electron chi connectivity index (χ2n) is 4.55. The summed E-state index contributed by atoms with van der Waals surface area (Å²) < 4.78 is 31.6. The fourth-order valence-electron chi connectivity index (χ4n) is 1.70. The van der Waals surface area contributed by atoms with Crippen LogP contribution in [0.5, 0.6) is 0 Å². The molecule has 0 aliphatic carbocycles. The van der Waals surface area contributed by atoms with Gasteiger partial charge in [0.25, 0.3) is 0 Å². The van der Waals surface area contributed by atoms with E-state index < -0.39 is 10.0 Å². The maximum atomic E-state index is 12.6. The highest BCUT2D eigenvalue weighted by molar-refractivity contribution is 7.89. The molecule has 20 heavy (non-hydrogen) atoms. The van der Waals surface area contributed by atoms with Crippen molar-refractivity contribution in [2.75, 3.05) is 25.6 Å². The van der Waals surface area contributed by atoms with E-state index in [4.69, 9.17) is 16.3 Å². The molecule has 2 rings (SSSR count). The number of hydrogen-bond acceptors (Lipinski definition) is 3. The van der Waals surface area contributed by atoms with Crippen molar-refractivity contribution in [3.8, 4) is 11.8 Å². The first-order valence-corrected chi connectivity index (χ1v) is 8.21. The summed E-state index contributed by atoms with van der Waals surface area (Å²) in [7, 11) is -3.55. The summed E-state index contributed by atoms with van der Waals surface area (Å²) in [5.74, 6) is 5.63. The second-order valence-corrected chi connectivity index (χ2v) is 6.76. The van der Waals surface area contributed by atoms with Gasteiger partial charge < -0.3 is 4.74 Å². The summed E-state index contributed by atoms with van der Waals surface area (Å²) in [6, 6.07) is 6.78. The molecular formula is C14H16ClNO3S. The molecule has 0 N–H and O–H groups in total. The lowest BCUT2D eigenvalue weighted by atomic mass is 10.2. The smallest absolute Gasteiger partial charge is 0.244 e. The minimum atomic E-state index is -3.55. The zero-order valence-electron chi connectivity index (χ0n) is 11.2. The van der Waals surface area contributed by atoms with E-state index in [0.717, 1.165) is 5.56 Å². The van der Waals surface area contributed by atoms with Crippen molar-refractivity contribution >= 4 is 21.6 Å². The summed E-state index contributed by atoms with van der Waals surface area (Å²) >= 11 is 5.49. The van der Waals surface area contributed by atoms with Crippen molar-refractivity contribution < 1.29 is 13.2 Å². The molecule has 1 fully saturated rings. The van der Waals surface area contributed by atoms with Crippen LogP contribution in [0.1, 0.15) is 5.56 Å². The summed E-state index contributed by atoms with van der Waals surface area (Å²) in [5.41, 5.74) is 1.02. The van der Waals surface area contributed by atoms with Crippen LogP contribution in [0.3, 0.4) is 0 Å². The number of benzene rings is 1. The van der Waals surface area contributed by atoms with Gasteiger partial charge in [0.1, 0.15) is 0 Å². The maximum Gasteiger partial charge on any atom is 0.244 e. The summed E-state index contributed by atoms with van der Waals surface area (Å²) in [6.07, 6.45) is -0.0203. The number of alkyl halides is 1. The van der Waals surface area contributed by atoms with E-state index in [1.807, 2.05) is 6.92 Å². The largest absolute Gasteiger partial charge is 0.372 e. The van der Waals surface area contributed by atoms with Crippen LogP contribution in [0.4, 0.5) is 0 Å². The first-order chi connectivity index (χ1) is 9.54. The molecule has 0 saturated carbocycles. The number of halogens is 1. The van der Waals surface area contributed by atoms with Gasteiger partial charge in [-0.1, -0.05) is 29.5 Å². The predicted molar refractivity (Wildman–Crippen MR) is 78.2 cm³/mol. The molecule has 0 bridgehead atoms. The Morgan fingerprint density at radius 1 is 1.35 bits per heavy atom. The van der Waals surface area contributed by atoms with Crippen molar-refractivity contribution in [2.45, 2.75) is 17.9 Å². The molecule has 1 heterocycles. The van der Waals surface area contributed by atoms with Gasteiger partial charge in [0.2, 0.25) is 10.0 Å². The third-order valence-electron chi connectivity index (χ3n) is 2.92. The molecule has 0 amide bonds. The number of aryl methyl sites for hydroxylation is 1. The van der Waals surface area contributed by atoms with Crippen molar-refractivity contribution in [1.82, 2.24) is 4.31 Å². The van der Waals surface area contributed by atoms with Crippen molar-refractivity contribution in [3.05, 3.63) is 29.8 Å². The molecule has 0 spiro atoms. The van der Waals surface area contributed by atoms with Crippen LogP contribution >= 0.6 is 11.6 Å². The molecule has 1 saturated heterocycles. The lowest BCUT2D eigenvalue weighted by molar-refractivity contribution is 0.350. The van der Waals surface area contributed by atoms with Crippen LogP contribution in [-0.2, 0) is 14.8 Å². The zero-order chi connectivity index (χ0) is 14.6. The van der Waals surface area contributed by atoms with Crippen molar-refractivity contribution in [1.29, 1.82) is 0 Å².